The monoisotopic (exact) mass is 339 g/mol. The highest BCUT2D eigenvalue weighted by Crippen LogP contribution is 2.24. The van der Waals surface area contributed by atoms with Gasteiger partial charge in [-0.2, -0.15) is 0 Å². The lowest BCUT2D eigenvalue weighted by Gasteiger charge is -2.10. The zero-order valence-electron chi connectivity index (χ0n) is 13.6. The van der Waals surface area contributed by atoms with E-state index in [0.29, 0.717) is 16.1 Å². The topological polar surface area (TPSA) is 22.2 Å². The normalized spacial score (nSPS) is 12.4. The van der Waals surface area contributed by atoms with E-state index in [0.717, 1.165) is 36.4 Å². The van der Waals surface area contributed by atoms with Gasteiger partial charge in [0, 0.05) is 24.5 Å². The molecule has 0 unspecified atom stereocenters. The van der Waals surface area contributed by atoms with Crippen molar-refractivity contribution in [2.24, 2.45) is 4.99 Å². The van der Waals surface area contributed by atoms with Crippen molar-refractivity contribution in [1.29, 1.82) is 0 Å². The van der Waals surface area contributed by atoms with Crippen molar-refractivity contribution in [1.82, 2.24) is 9.13 Å². The molecular weight excluding hydrogens is 317 g/mol. The van der Waals surface area contributed by atoms with Crippen molar-refractivity contribution < 1.29 is 0 Å². The second-order valence-electron chi connectivity index (χ2n) is 5.74. The van der Waals surface area contributed by atoms with Crippen LogP contribution in [0.15, 0.2) is 29.4 Å². The number of nitrogens with zero attached hydrogens (tertiary/aromatic N) is 3. The Morgan fingerprint density at radius 1 is 1.18 bits per heavy atom. The maximum Gasteiger partial charge on any atom is 0.210 e. The van der Waals surface area contributed by atoms with E-state index in [2.05, 4.69) is 43.0 Å². The Morgan fingerprint density at radius 3 is 2.50 bits per heavy atom. The molecule has 0 aliphatic rings. The summed E-state index contributed by atoms with van der Waals surface area (Å²) >= 11 is 12.2. The fraction of sp³-hybridized carbons (Fsp3) is 0.471. The van der Waals surface area contributed by atoms with E-state index in [1.807, 2.05) is 18.2 Å². The molecule has 0 radical (unpaired) electrons. The summed E-state index contributed by atoms with van der Waals surface area (Å²) < 4.78 is 4.34. The number of rotatable bonds is 5. The molecule has 0 amide bonds. The molecule has 0 atom stereocenters. The van der Waals surface area contributed by atoms with Gasteiger partial charge in [0.25, 0.3) is 0 Å². The lowest BCUT2D eigenvalue weighted by Crippen LogP contribution is -2.27. The van der Waals surface area contributed by atoms with Crippen LogP contribution in [0.3, 0.4) is 0 Å². The van der Waals surface area contributed by atoms with Crippen molar-refractivity contribution in [3.63, 3.8) is 0 Å². The van der Waals surface area contributed by atoms with E-state index in [1.54, 1.807) is 0 Å². The number of benzene rings is 1. The fourth-order valence-electron chi connectivity index (χ4n) is 2.40. The number of hydrogen-bond acceptors (Lipinski definition) is 1. The molecule has 0 spiro atoms. The molecule has 1 aromatic carbocycles. The molecule has 0 saturated heterocycles. The average molecular weight is 340 g/mol. The standard InChI is InChI=1S/C17H23Cl2N3/c1-5-6-9-20-17-21(12(2)3)11-13(4)22(17)14-7-8-15(18)16(19)10-14/h7-8,10-12H,5-6,9H2,1-4H3. The predicted molar refractivity (Wildman–Crippen MR) is 94.2 cm³/mol. The van der Waals surface area contributed by atoms with Gasteiger partial charge in [-0.3, -0.25) is 9.56 Å². The summed E-state index contributed by atoms with van der Waals surface area (Å²) in [6.07, 6.45) is 4.36. The van der Waals surface area contributed by atoms with Crippen molar-refractivity contribution in [3.05, 3.63) is 45.8 Å². The zero-order chi connectivity index (χ0) is 16.3. The van der Waals surface area contributed by atoms with Crippen LogP contribution in [0.4, 0.5) is 0 Å². The molecular formula is C17H23Cl2N3. The summed E-state index contributed by atoms with van der Waals surface area (Å²) in [5, 5.41) is 1.12. The molecule has 0 N–H and O–H groups in total. The Bertz CT molecular complexity index is 711. The highest BCUT2D eigenvalue weighted by molar-refractivity contribution is 6.42. The van der Waals surface area contributed by atoms with E-state index < -0.39 is 0 Å². The Hall–Kier alpha value is -1.19. The maximum absolute atomic E-state index is 6.18. The summed E-state index contributed by atoms with van der Waals surface area (Å²) in [6.45, 7) is 9.42. The van der Waals surface area contributed by atoms with Crippen LogP contribution in [0.1, 0.15) is 45.3 Å². The first-order valence-electron chi connectivity index (χ1n) is 7.72. The van der Waals surface area contributed by atoms with Crippen molar-refractivity contribution in [3.8, 4) is 5.69 Å². The Labute approximate surface area is 142 Å². The van der Waals surface area contributed by atoms with Crippen LogP contribution in [-0.2, 0) is 0 Å². The summed E-state index contributed by atoms with van der Waals surface area (Å²) in [6, 6.07) is 6.04. The first-order chi connectivity index (χ1) is 10.5. The maximum atomic E-state index is 6.18. The van der Waals surface area contributed by atoms with Crippen LogP contribution in [0.25, 0.3) is 5.69 Å². The van der Waals surface area contributed by atoms with Gasteiger partial charge in [-0.05, 0) is 45.4 Å². The van der Waals surface area contributed by atoms with Crippen LogP contribution in [0.5, 0.6) is 0 Å². The van der Waals surface area contributed by atoms with Crippen LogP contribution in [-0.4, -0.2) is 15.7 Å². The second-order valence-corrected chi connectivity index (χ2v) is 6.55. The van der Waals surface area contributed by atoms with E-state index in [1.165, 1.54) is 0 Å². The summed E-state index contributed by atoms with van der Waals surface area (Å²) in [5.41, 5.74) is 3.07. The van der Waals surface area contributed by atoms with Gasteiger partial charge in [0.2, 0.25) is 5.62 Å². The minimum atomic E-state index is 0.350. The smallest absolute Gasteiger partial charge is 0.210 e. The first-order valence-corrected chi connectivity index (χ1v) is 8.47. The number of unbranched alkanes of at least 4 members (excludes halogenated alkanes) is 1. The van der Waals surface area contributed by atoms with Gasteiger partial charge >= 0.3 is 0 Å². The molecule has 1 heterocycles. The van der Waals surface area contributed by atoms with Gasteiger partial charge in [-0.1, -0.05) is 36.5 Å². The lowest BCUT2D eigenvalue weighted by molar-refractivity contribution is 0.556. The summed E-state index contributed by atoms with van der Waals surface area (Å²) in [5.74, 6) is 0. The van der Waals surface area contributed by atoms with Gasteiger partial charge < -0.3 is 4.57 Å². The summed E-state index contributed by atoms with van der Waals surface area (Å²) in [7, 11) is 0. The number of aromatic nitrogens is 2. The second kappa shape index (κ2) is 7.38. The first kappa shape index (κ1) is 17.2. The Morgan fingerprint density at radius 2 is 1.91 bits per heavy atom. The molecule has 0 fully saturated rings. The third kappa shape index (κ3) is 3.58. The number of imidazole rings is 1. The molecule has 22 heavy (non-hydrogen) atoms. The van der Waals surface area contributed by atoms with Crippen molar-refractivity contribution in [2.45, 2.75) is 46.6 Å². The molecule has 1 aromatic heterocycles. The number of halogens is 2. The Kier molecular flexibility index (Phi) is 5.76. The van der Waals surface area contributed by atoms with E-state index in [4.69, 9.17) is 28.2 Å². The Balaban J connectivity index is 2.63. The van der Waals surface area contributed by atoms with Gasteiger partial charge in [-0.15, -0.1) is 0 Å². The molecule has 120 valence electrons. The highest BCUT2D eigenvalue weighted by atomic mass is 35.5. The van der Waals surface area contributed by atoms with Crippen LogP contribution in [0.2, 0.25) is 10.0 Å². The number of aryl methyl sites for hydroxylation is 1. The quantitative estimate of drug-likeness (QED) is 0.670. The van der Waals surface area contributed by atoms with Crippen molar-refractivity contribution >= 4 is 23.2 Å². The predicted octanol–water partition coefficient (Wildman–Crippen LogP) is 5.18. The van der Waals surface area contributed by atoms with Crippen LogP contribution < -0.4 is 5.62 Å². The van der Waals surface area contributed by atoms with Crippen LogP contribution >= 0.6 is 23.2 Å². The minimum absolute atomic E-state index is 0.350. The van der Waals surface area contributed by atoms with E-state index >= 15 is 0 Å². The molecule has 2 aromatic rings. The number of hydrogen-bond donors (Lipinski definition) is 0. The SMILES string of the molecule is CCCCN=c1n(C(C)C)cc(C)n1-c1ccc(Cl)c(Cl)c1. The third-order valence-electron chi connectivity index (χ3n) is 3.59. The fourth-order valence-corrected chi connectivity index (χ4v) is 2.70. The van der Waals surface area contributed by atoms with Gasteiger partial charge in [0.15, 0.2) is 0 Å². The van der Waals surface area contributed by atoms with Gasteiger partial charge in [0.1, 0.15) is 0 Å². The van der Waals surface area contributed by atoms with E-state index in [9.17, 15) is 0 Å². The molecule has 0 saturated carbocycles. The third-order valence-corrected chi connectivity index (χ3v) is 4.33. The molecule has 0 bridgehead atoms. The lowest BCUT2D eigenvalue weighted by atomic mass is 10.3. The largest absolute Gasteiger partial charge is 0.314 e. The zero-order valence-corrected chi connectivity index (χ0v) is 15.1. The van der Waals surface area contributed by atoms with Gasteiger partial charge in [-0.25, -0.2) is 0 Å². The molecule has 0 aliphatic carbocycles. The molecule has 3 nitrogen and oxygen atoms in total. The average Bonchev–Trinajstić information content (AvgIpc) is 2.79. The molecule has 5 heteroatoms. The molecule has 0 aliphatic heterocycles. The molecule has 2 rings (SSSR count). The summed E-state index contributed by atoms with van der Waals surface area (Å²) in [4.78, 5) is 4.82. The highest BCUT2D eigenvalue weighted by Gasteiger charge is 2.11. The van der Waals surface area contributed by atoms with Crippen LogP contribution in [0, 0.1) is 6.92 Å². The minimum Gasteiger partial charge on any atom is -0.314 e. The van der Waals surface area contributed by atoms with Crippen molar-refractivity contribution in [2.75, 3.05) is 6.54 Å². The van der Waals surface area contributed by atoms with Gasteiger partial charge in [0.05, 0.1) is 15.7 Å². The van der Waals surface area contributed by atoms with E-state index in [-0.39, 0.29) is 0 Å².